The van der Waals surface area contributed by atoms with Gasteiger partial charge in [0.05, 0.1) is 20.1 Å². The molecule has 1 fully saturated rings. The molecule has 1 N–H and O–H groups in total. The molecule has 0 aliphatic carbocycles. The molecule has 0 unspecified atom stereocenters. The number of hydrogen-bond donors (Lipinski definition) is 1. The first-order valence-electron chi connectivity index (χ1n) is 9.91. The Morgan fingerprint density at radius 2 is 1.79 bits per heavy atom. The predicted octanol–water partition coefficient (Wildman–Crippen LogP) is 2.45. The van der Waals surface area contributed by atoms with Crippen LogP contribution in [0.1, 0.15) is 17.5 Å². The number of nitrogens with zero attached hydrogens (tertiary/aromatic N) is 1. The number of rotatable bonds is 9. The molecule has 2 aromatic rings. The maximum absolute atomic E-state index is 12.5. The summed E-state index contributed by atoms with van der Waals surface area (Å²) in [5, 5.41) is 2.96. The molecule has 6 nitrogen and oxygen atoms in total. The average molecular weight is 396 g/mol. The number of amides is 2. The monoisotopic (exact) mass is 396 g/mol. The van der Waals surface area contributed by atoms with Gasteiger partial charge < -0.3 is 19.7 Å². The average Bonchev–Trinajstić information content (AvgIpc) is 3.13. The molecule has 1 heterocycles. The molecular formula is C23H28N2O4. The van der Waals surface area contributed by atoms with Crippen molar-refractivity contribution in [2.45, 2.75) is 19.3 Å². The molecule has 29 heavy (non-hydrogen) atoms. The molecule has 1 aliphatic rings. The second kappa shape index (κ2) is 9.96. The van der Waals surface area contributed by atoms with Crippen molar-refractivity contribution in [3.8, 4) is 11.5 Å². The summed E-state index contributed by atoms with van der Waals surface area (Å²) in [6.45, 7) is 1.66. The number of ether oxygens (including phenoxy) is 2. The molecule has 0 spiro atoms. The van der Waals surface area contributed by atoms with Gasteiger partial charge in [-0.1, -0.05) is 36.4 Å². The van der Waals surface area contributed by atoms with Crippen LogP contribution in [0.25, 0.3) is 0 Å². The highest BCUT2D eigenvalue weighted by Crippen LogP contribution is 2.27. The lowest BCUT2D eigenvalue weighted by Crippen LogP contribution is -2.34. The number of benzene rings is 2. The lowest BCUT2D eigenvalue weighted by molar-refractivity contribution is -0.129. The first kappa shape index (κ1) is 20.7. The quantitative estimate of drug-likeness (QED) is 0.707. The molecule has 2 aromatic carbocycles. The van der Waals surface area contributed by atoms with Gasteiger partial charge in [0, 0.05) is 26.1 Å². The highest BCUT2D eigenvalue weighted by molar-refractivity contribution is 5.89. The first-order chi connectivity index (χ1) is 14.1. The summed E-state index contributed by atoms with van der Waals surface area (Å²) in [6, 6.07) is 15.8. The Bertz CT molecular complexity index is 838. The Morgan fingerprint density at radius 1 is 1.03 bits per heavy atom. The minimum absolute atomic E-state index is 0.0546. The van der Waals surface area contributed by atoms with E-state index in [1.807, 2.05) is 36.4 Å². The van der Waals surface area contributed by atoms with E-state index in [4.69, 9.17) is 9.47 Å². The van der Waals surface area contributed by atoms with E-state index in [1.165, 1.54) is 5.56 Å². The van der Waals surface area contributed by atoms with Gasteiger partial charge in [-0.05, 0) is 36.1 Å². The molecular weight excluding hydrogens is 368 g/mol. The lowest BCUT2D eigenvalue weighted by Gasteiger charge is -2.16. The van der Waals surface area contributed by atoms with E-state index >= 15 is 0 Å². The normalized spacial score (nSPS) is 16.0. The Hall–Kier alpha value is -3.02. The zero-order chi connectivity index (χ0) is 20.6. The minimum atomic E-state index is -0.274. The van der Waals surface area contributed by atoms with Crippen LogP contribution in [0, 0.1) is 5.92 Å². The van der Waals surface area contributed by atoms with Crippen LogP contribution in [-0.2, 0) is 22.4 Å². The zero-order valence-corrected chi connectivity index (χ0v) is 17.0. The Balaban J connectivity index is 1.44. The van der Waals surface area contributed by atoms with E-state index < -0.39 is 0 Å². The van der Waals surface area contributed by atoms with E-state index in [9.17, 15) is 9.59 Å². The van der Waals surface area contributed by atoms with Crippen molar-refractivity contribution >= 4 is 11.8 Å². The zero-order valence-electron chi connectivity index (χ0n) is 17.0. The molecule has 6 heteroatoms. The highest BCUT2D eigenvalue weighted by Gasteiger charge is 2.33. The number of methoxy groups -OCH3 is 2. The molecule has 1 saturated heterocycles. The van der Waals surface area contributed by atoms with Gasteiger partial charge in [-0.15, -0.1) is 0 Å². The van der Waals surface area contributed by atoms with Crippen molar-refractivity contribution in [3.63, 3.8) is 0 Å². The summed E-state index contributed by atoms with van der Waals surface area (Å²) < 4.78 is 10.5. The highest BCUT2D eigenvalue weighted by atomic mass is 16.5. The molecule has 0 saturated carbocycles. The molecule has 1 aliphatic heterocycles. The summed E-state index contributed by atoms with van der Waals surface area (Å²) in [5.74, 6) is 1.08. The van der Waals surface area contributed by atoms with Gasteiger partial charge in [0.2, 0.25) is 11.8 Å². The fourth-order valence-corrected chi connectivity index (χ4v) is 3.58. The van der Waals surface area contributed by atoms with Crippen LogP contribution in [0.4, 0.5) is 0 Å². The van der Waals surface area contributed by atoms with E-state index in [0.717, 1.165) is 12.0 Å². The third kappa shape index (κ3) is 5.50. The lowest BCUT2D eigenvalue weighted by atomic mass is 10.1. The van der Waals surface area contributed by atoms with Crippen molar-refractivity contribution in [2.75, 3.05) is 33.9 Å². The van der Waals surface area contributed by atoms with Crippen LogP contribution < -0.4 is 14.8 Å². The number of carbonyl (C=O) groups is 2. The second-order valence-electron chi connectivity index (χ2n) is 7.21. The standard InChI is InChI=1S/C23H28N2O4/c1-28-20-9-8-18(14-21(20)29-2)10-12-24-23(27)19-15-22(26)25(16-19)13-11-17-6-4-3-5-7-17/h3-9,14,19H,10-13,15-16H2,1-2H3,(H,24,27)/t19-/m0/s1. The molecule has 1 atom stereocenters. The third-order valence-corrected chi connectivity index (χ3v) is 5.26. The summed E-state index contributed by atoms with van der Waals surface area (Å²) in [4.78, 5) is 26.5. The number of nitrogens with one attached hydrogen (secondary N) is 1. The van der Waals surface area contributed by atoms with E-state index in [2.05, 4.69) is 17.4 Å². The topological polar surface area (TPSA) is 67.9 Å². The Kier molecular flexibility index (Phi) is 7.11. The number of carbonyl (C=O) groups excluding carboxylic acids is 2. The summed E-state index contributed by atoms with van der Waals surface area (Å²) in [5.41, 5.74) is 2.25. The van der Waals surface area contributed by atoms with Gasteiger partial charge in [-0.3, -0.25) is 9.59 Å². The smallest absolute Gasteiger partial charge is 0.225 e. The maximum atomic E-state index is 12.5. The van der Waals surface area contributed by atoms with Gasteiger partial charge in [0.15, 0.2) is 11.5 Å². The molecule has 0 bridgehead atoms. The molecule has 3 rings (SSSR count). The van der Waals surface area contributed by atoms with Gasteiger partial charge in [-0.2, -0.15) is 0 Å². The van der Waals surface area contributed by atoms with E-state index in [1.54, 1.807) is 19.1 Å². The van der Waals surface area contributed by atoms with Gasteiger partial charge >= 0.3 is 0 Å². The van der Waals surface area contributed by atoms with E-state index in [-0.39, 0.29) is 24.2 Å². The van der Waals surface area contributed by atoms with Crippen LogP contribution in [0.3, 0.4) is 0 Å². The minimum Gasteiger partial charge on any atom is -0.493 e. The summed E-state index contributed by atoms with van der Waals surface area (Å²) in [6.07, 6.45) is 1.78. The SMILES string of the molecule is COc1ccc(CCNC(=O)[C@H]2CC(=O)N(CCc3ccccc3)C2)cc1OC. The summed E-state index contributed by atoms with van der Waals surface area (Å²) in [7, 11) is 3.20. The Morgan fingerprint density at radius 3 is 2.52 bits per heavy atom. The Labute approximate surface area is 171 Å². The predicted molar refractivity (Wildman–Crippen MR) is 111 cm³/mol. The van der Waals surface area contributed by atoms with Crippen LogP contribution in [0.2, 0.25) is 0 Å². The van der Waals surface area contributed by atoms with E-state index in [0.29, 0.717) is 37.6 Å². The molecule has 2 amide bonds. The molecule has 0 aromatic heterocycles. The van der Waals surface area contributed by atoms with Crippen molar-refractivity contribution in [1.82, 2.24) is 10.2 Å². The van der Waals surface area contributed by atoms with Crippen molar-refractivity contribution < 1.29 is 19.1 Å². The number of hydrogen-bond acceptors (Lipinski definition) is 4. The number of likely N-dealkylation sites (tertiary alicyclic amines) is 1. The van der Waals surface area contributed by atoms with Gasteiger partial charge in [-0.25, -0.2) is 0 Å². The molecule has 154 valence electrons. The fourth-order valence-electron chi connectivity index (χ4n) is 3.58. The fraction of sp³-hybridized carbons (Fsp3) is 0.391. The van der Waals surface area contributed by atoms with Crippen LogP contribution in [0.5, 0.6) is 11.5 Å². The van der Waals surface area contributed by atoms with Crippen LogP contribution >= 0.6 is 0 Å². The van der Waals surface area contributed by atoms with Crippen molar-refractivity contribution in [1.29, 1.82) is 0 Å². The third-order valence-electron chi connectivity index (χ3n) is 5.26. The second-order valence-corrected chi connectivity index (χ2v) is 7.21. The summed E-state index contributed by atoms with van der Waals surface area (Å²) >= 11 is 0. The van der Waals surface area contributed by atoms with Gasteiger partial charge in [0.1, 0.15) is 0 Å². The van der Waals surface area contributed by atoms with Crippen LogP contribution in [0.15, 0.2) is 48.5 Å². The van der Waals surface area contributed by atoms with Crippen LogP contribution in [-0.4, -0.2) is 50.6 Å². The first-order valence-corrected chi connectivity index (χ1v) is 9.91. The largest absolute Gasteiger partial charge is 0.493 e. The van der Waals surface area contributed by atoms with Crippen molar-refractivity contribution in [3.05, 3.63) is 59.7 Å². The van der Waals surface area contributed by atoms with Crippen molar-refractivity contribution in [2.24, 2.45) is 5.92 Å². The van der Waals surface area contributed by atoms with Gasteiger partial charge in [0.25, 0.3) is 0 Å². The maximum Gasteiger partial charge on any atom is 0.225 e. The molecule has 0 radical (unpaired) electrons.